The van der Waals surface area contributed by atoms with Crippen LogP contribution in [-0.4, -0.2) is 37.9 Å². The van der Waals surface area contributed by atoms with E-state index in [1.54, 1.807) is 13.0 Å². The van der Waals surface area contributed by atoms with Crippen LogP contribution in [0.4, 0.5) is 14.6 Å². The summed E-state index contributed by atoms with van der Waals surface area (Å²) in [7, 11) is 0. The average Bonchev–Trinajstić information content (AvgIpc) is 3.09. The number of alkyl halides is 1. The number of H-pyrrole nitrogens is 1. The van der Waals surface area contributed by atoms with Gasteiger partial charge in [-0.05, 0) is 50.7 Å². The van der Waals surface area contributed by atoms with Gasteiger partial charge in [0.15, 0.2) is 5.78 Å². The van der Waals surface area contributed by atoms with Crippen molar-refractivity contribution in [2.45, 2.75) is 45.2 Å². The summed E-state index contributed by atoms with van der Waals surface area (Å²) >= 11 is 0. The van der Waals surface area contributed by atoms with Gasteiger partial charge in [-0.15, -0.1) is 0 Å². The molecule has 0 bridgehead atoms. The SMILES string of the molecule is CCCNc1ncnc2[nH]cc(C(=O)c3ccc(CC4CC(C)(F)C4)nc3F)c12. The van der Waals surface area contributed by atoms with E-state index in [9.17, 15) is 13.6 Å². The molecule has 2 N–H and O–H groups in total. The number of carbonyl (C=O) groups excluding carboxylic acids is 1. The monoisotopic (exact) mass is 399 g/mol. The number of halogens is 2. The van der Waals surface area contributed by atoms with Crippen molar-refractivity contribution < 1.29 is 13.6 Å². The molecule has 0 aromatic carbocycles. The van der Waals surface area contributed by atoms with Crippen LogP contribution >= 0.6 is 0 Å². The van der Waals surface area contributed by atoms with Crippen LogP contribution in [0.5, 0.6) is 0 Å². The van der Waals surface area contributed by atoms with Gasteiger partial charge in [-0.2, -0.15) is 4.39 Å². The Hall–Kier alpha value is -2.90. The molecule has 1 aliphatic carbocycles. The van der Waals surface area contributed by atoms with Crippen LogP contribution in [0.25, 0.3) is 11.0 Å². The number of nitrogens with zero attached hydrogens (tertiary/aromatic N) is 3. The first-order chi connectivity index (χ1) is 13.9. The molecule has 0 saturated heterocycles. The number of nitrogens with one attached hydrogen (secondary N) is 2. The molecule has 3 aromatic heterocycles. The molecule has 6 nitrogen and oxygen atoms in total. The highest BCUT2D eigenvalue weighted by atomic mass is 19.1. The van der Waals surface area contributed by atoms with Crippen molar-refractivity contribution in [1.82, 2.24) is 19.9 Å². The van der Waals surface area contributed by atoms with Crippen molar-refractivity contribution in [3.8, 4) is 0 Å². The van der Waals surface area contributed by atoms with E-state index in [0.29, 0.717) is 53.9 Å². The van der Waals surface area contributed by atoms with Crippen molar-refractivity contribution in [3.63, 3.8) is 0 Å². The second-order valence-electron chi connectivity index (χ2n) is 7.94. The highest BCUT2D eigenvalue weighted by Gasteiger charge is 2.40. The second-order valence-corrected chi connectivity index (χ2v) is 7.94. The predicted molar refractivity (Wildman–Crippen MR) is 106 cm³/mol. The summed E-state index contributed by atoms with van der Waals surface area (Å²) in [5.41, 5.74) is 0.0992. The Morgan fingerprint density at radius 1 is 1.31 bits per heavy atom. The van der Waals surface area contributed by atoms with Crippen LogP contribution in [0.3, 0.4) is 0 Å². The standard InChI is InChI=1S/C21H23F2N5O/c1-3-6-24-19-16-15(10-25-20(16)27-11-26-19)17(29)14-5-4-13(28-18(14)22)7-12-8-21(2,23)9-12/h4-5,10-12H,3,6-9H2,1-2H3,(H2,24,25,26,27). The van der Waals surface area contributed by atoms with E-state index in [1.165, 1.54) is 18.6 Å². The summed E-state index contributed by atoms with van der Waals surface area (Å²) in [6, 6.07) is 3.10. The molecule has 8 heteroatoms. The van der Waals surface area contributed by atoms with E-state index >= 15 is 0 Å². The average molecular weight is 399 g/mol. The lowest BCUT2D eigenvalue weighted by molar-refractivity contribution is 0.0253. The maximum atomic E-state index is 14.7. The third kappa shape index (κ3) is 3.83. The molecular weight excluding hydrogens is 376 g/mol. The van der Waals surface area contributed by atoms with E-state index < -0.39 is 17.4 Å². The Bertz CT molecular complexity index is 1050. The van der Waals surface area contributed by atoms with Crippen LogP contribution in [0.2, 0.25) is 0 Å². The third-order valence-corrected chi connectivity index (χ3v) is 5.33. The minimum absolute atomic E-state index is 0.108. The quantitative estimate of drug-likeness (QED) is 0.459. The van der Waals surface area contributed by atoms with Gasteiger partial charge >= 0.3 is 0 Å². The number of aromatic nitrogens is 4. The van der Waals surface area contributed by atoms with Crippen LogP contribution in [0.1, 0.15) is 54.7 Å². The maximum absolute atomic E-state index is 14.7. The van der Waals surface area contributed by atoms with E-state index in [2.05, 4.69) is 25.3 Å². The molecule has 0 aliphatic heterocycles. The molecule has 0 amide bonds. The van der Waals surface area contributed by atoms with Gasteiger partial charge < -0.3 is 10.3 Å². The fraction of sp³-hybridized carbons (Fsp3) is 0.429. The van der Waals surface area contributed by atoms with Gasteiger partial charge in [0.25, 0.3) is 0 Å². The summed E-state index contributed by atoms with van der Waals surface area (Å²) in [6.45, 7) is 4.29. The van der Waals surface area contributed by atoms with Gasteiger partial charge in [0.1, 0.15) is 23.5 Å². The number of aromatic amines is 1. The number of rotatable bonds is 7. The molecule has 29 heavy (non-hydrogen) atoms. The second kappa shape index (κ2) is 7.50. The molecule has 152 valence electrons. The number of hydrogen-bond donors (Lipinski definition) is 2. The minimum atomic E-state index is -1.12. The molecule has 3 aromatic rings. The van der Waals surface area contributed by atoms with E-state index in [4.69, 9.17) is 0 Å². The molecule has 3 heterocycles. The van der Waals surface area contributed by atoms with Crippen molar-refractivity contribution in [3.05, 3.63) is 47.4 Å². The lowest BCUT2D eigenvalue weighted by atomic mass is 9.71. The topological polar surface area (TPSA) is 83.6 Å². The maximum Gasteiger partial charge on any atom is 0.224 e. The van der Waals surface area contributed by atoms with Gasteiger partial charge in [-0.1, -0.05) is 6.92 Å². The molecule has 4 rings (SSSR count). The predicted octanol–water partition coefficient (Wildman–Crippen LogP) is 4.23. The molecular formula is C21H23F2N5O. The van der Waals surface area contributed by atoms with Gasteiger partial charge in [-0.3, -0.25) is 4.79 Å². The van der Waals surface area contributed by atoms with E-state index in [0.717, 1.165) is 6.42 Å². The Morgan fingerprint density at radius 2 is 2.10 bits per heavy atom. The molecule has 0 atom stereocenters. The largest absolute Gasteiger partial charge is 0.369 e. The number of ketones is 1. The molecule has 1 fully saturated rings. The van der Waals surface area contributed by atoms with Crippen molar-refractivity contribution in [1.29, 1.82) is 0 Å². The molecule has 1 saturated carbocycles. The third-order valence-electron chi connectivity index (χ3n) is 5.33. The van der Waals surface area contributed by atoms with Crippen LogP contribution in [0, 0.1) is 11.9 Å². The van der Waals surface area contributed by atoms with Gasteiger partial charge in [0.05, 0.1) is 16.5 Å². The lowest BCUT2D eigenvalue weighted by Gasteiger charge is -2.38. The van der Waals surface area contributed by atoms with E-state index in [-0.39, 0.29) is 11.5 Å². The van der Waals surface area contributed by atoms with Crippen LogP contribution in [-0.2, 0) is 6.42 Å². The lowest BCUT2D eigenvalue weighted by Crippen LogP contribution is -2.37. The highest BCUT2D eigenvalue weighted by molar-refractivity contribution is 6.17. The van der Waals surface area contributed by atoms with E-state index in [1.807, 2.05) is 6.92 Å². The number of carbonyl (C=O) groups is 1. The summed E-state index contributed by atoms with van der Waals surface area (Å²) in [6.07, 6.45) is 5.24. The van der Waals surface area contributed by atoms with Crippen molar-refractivity contribution in [2.75, 3.05) is 11.9 Å². The summed E-state index contributed by atoms with van der Waals surface area (Å²) in [4.78, 5) is 28.3. The summed E-state index contributed by atoms with van der Waals surface area (Å²) in [5.74, 6) is -0.603. The number of hydrogen-bond acceptors (Lipinski definition) is 5. The first kappa shape index (κ1) is 19.4. The normalized spacial score (nSPS) is 21.2. The molecule has 0 spiro atoms. The van der Waals surface area contributed by atoms with Gasteiger partial charge in [-0.25, -0.2) is 19.3 Å². The first-order valence-electron chi connectivity index (χ1n) is 9.83. The van der Waals surface area contributed by atoms with Crippen molar-refractivity contribution >= 4 is 22.6 Å². The summed E-state index contributed by atoms with van der Waals surface area (Å²) in [5, 5.41) is 3.71. The number of fused-ring (bicyclic) bond motifs is 1. The minimum Gasteiger partial charge on any atom is -0.369 e. The zero-order valence-electron chi connectivity index (χ0n) is 16.4. The summed E-state index contributed by atoms with van der Waals surface area (Å²) < 4.78 is 28.3. The van der Waals surface area contributed by atoms with Crippen LogP contribution < -0.4 is 5.32 Å². The number of pyridine rings is 1. The van der Waals surface area contributed by atoms with Gasteiger partial charge in [0, 0.05) is 18.4 Å². The first-order valence-corrected chi connectivity index (χ1v) is 9.83. The number of anilines is 1. The zero-order chi connectivity index (χ0) is 20.6. The Kier molecular flexibility index (Phi) is 5.02. The fourth-order valence-corrected chi connectivity index (χ4v) is 4.00. The van der Waals surface area contributed by atoms with Gasteiger partial charge in [0.2, 0.25) is 5.95 Å². The molecule has 1 aliphatic rings. The fourth-order valence-electron chi connectivity index (χ4n) is 4.00. The zero-order valence-corrected chi connectivity index (χ0v) is 16.4. The molecule has 0 unspecified atom stereocenters. The Balaban J connectivity index is 1.60. The Labute approximate surface area is 167 Å². The van der Waals surface area contributed by atoms with Crippen LogP contribution in [0.15, 0.2) is 24.7 Å². The Morgan fingerprint density at radius 3 is 2.79 bits per heavy atom. The smallest absolute Gasteiger partial charge is 0.224 e. The van der Waals surface area contributed by atoms with Crippen molar-refractivity contribution in [2.24, 2.45) is 5.92 Å². The highest BCUT2D eigenvalue weighted by Crippen LogP contribution is 2.42. The molecule has 0 radical (unpaired) electrons.